The quantitative estimate of drug-likeness (QED) is 0.809. The van der Waals surface area contributed by atoms with Gasteiger partial charge in [-0.05, 0) is 56.2 Å². The molecule has 1 amide bonds. The van der Waals surface area contributed by atoms with Crippen LogP contribution in [0.25, 0.3) is 0 Å². The Balaban J connectivity index is 1.82. The number of carbonyl (C=O) groups is 1. The Hall–Kier alpha value is -1.55. The summed E-state index contributed by atoms with van der Waals surface area (Å²) >= 11 is 0. The van der Waals surface area contributed by atoms with Gasteiger partial charge < -0.3 is 15.8 Å². The molecule has 1 aliphatic rings. The van der Waals surface area contributed by atoms with Crippen LogP contribution in [0.1, 0.15) is 58.1 Å². The predicted octanol–water partition coefficient (Wildman–Crippen LogP) is 3.42. The lowest BCUT2D eigenvalue weighted by molar-refractivity contribution is -0.125. The van der Waals surface area contributed by atoms with Gasteiger partial charge in [0.2, 0.25) is 5.91 Å². The van der Waals surface area contributed by atoms with Crippen molar-refractivity contribution in [3.63, 3.8) is 0 Å². The first-order chi connectivity index (χ1) is 11.0. The SMILES string of the molecule is CC(C)CCOc1ccc(C(C)NC(=O)C2CCC(N)C2)cc1. The zero-order chi connectivity index (χ0) is 16.8. The minimum Gasteiger partial charge on any atom is -0.494 e. The van der Waals surface area contributed by atoms with Crippen molar-refractivity contribution in [2.45, 2.75) is 58.5 Å². The van der Waals surface area contributed by atoms with E-state index in [0.717, 1.165) is 43.6 Å². The first-order valence-corrected chi connectivity index (χ1v) is 8.74. The van der Waals surface area contributed by atoms with Crippen molar-refractivity contribution < 1.29 is 9.53 Å². The van der Waals surface area contributed by atoms with Crippen LogP contribution in [0.4, 0.5) is 0 Å². The van der Waals surface area contributed by atoms with E-state index in [1.165, 1.54) is 0 Å². The second kappa shape index (κ2) is 8.34. The Bertz CT molecular complexity index is 499. The van der Waals surface area contributed by atoms with Crippen LogP contribution >= 0.6 is 0 Å². The van der Waals surface area contributed by atoms with Crippen LogP contribution in [0, 0.1) is 11.8 Å². The van der Waals surface area contributed by atoms with Crippen molar-refractivity contribution in [2.75, 3.05) is 6.61 Å². The van der Waals surface area contributed by atoms with E-state index < -0.39 is 0 Å². The summed E-state index contributed by atoms with van der Waals surface area (Å²) in [6.45, 7) is 7.13. The molecular formula is C19H30N2O2. The fourth-order valence-corrected chi connectivity index (χ4v) is 2.93. The topological polar surface area (TPSA) is 64.3 Å². The van der Waals surface area contributed by atoms with Crippen LogP contribution in [-0.2, 0) is 4.79 Å². The van der Waals surface area contributed by atoms with Gasteiger partial charge in [-0.2, -0.15) is 0 Å². The lowest BCUT2D eigenvalue weighted by atomic mass is 10.0. The summed E-state index contributed by atoms with van der Waals surface area (Å²) < 4.78 is 5.72. The van der Waals surface area contributed by atoms with Crippen molar-refractivity contribution in [3.8, 4) is 5.75 Å². The molecule has 23 heavy (non-hydrogen) atoms. The molecule has 0 spiro atoms. The maximum Gasteiger partial charge on any atom is 0.223 e. The van der Waals surface area contributed by atoms with Crippen LogP contribution in [0.3, 0.4) is 0 Å². The molecule has 0 aliphatic heterocycles. The number of hydrogen-bond donors (Lipinski definition) is 2. The van der Waals surface area contributed by atoms with Crippen molar-refractivity contribution >= 4 is 5.91 Å². The highest BCUT2D eigenvalue weighted by Crippen LogP contribution is 2.25. The highest BCUT2D eigenvalue weighted by atomic mass is 16.5. The fourth-order valence-electron chi connectivity index (χ4n) is 2.93. The summed E-state index contributed by atoms with van der Waals surface area (Å²) in [6, 6.07) is 8.19. The van der Waals surface area contributed by atoms with Crippen LogP contribution in [0.5, 0.6) is 5.75 Å². The van der Waals surface area contributed by atoms with E-state index >= 15 is 0 Å². The molecule has 3 unspecified atom stereocenters. The average Bonchev–Trinajstić information content (AvgIpc) is 2.94. The second-order valence-electron chi connectivity index (χ2n) is 7.10. The zero-order valence-corrected chi connectivity index (χ0v) is 14.5. The molecule has 4 heteroatoms. The monoisotopic (exact) mass is 318 g/mol. The van der Waals surface area contributed by atoms with Crippen LogP contribution in [0.2, 0.25) is 0 Å². The van der Waals surface area contributed by atoms with Gasteiger partial charge in [-0.3, -0.25) is 4.79 Å². The Morgan fingerprint density at radius 2 is 1.96 bits per heavy atom. The smallest absolute Gasteiger partial charge is 0.223 e. The molecule has 128 valence electrons. The van der Waals surface area contributed by atoms with Gasteiger partial charge in [0.15, 0.2) is 0 Å². The number of nitrogens with two attached hydrogens (primary N) is 1. The van der Waals surface area contributed by atoms with E-state index in [1.54, 1.807) is 0 Å². The Kier molecular flexibility index (Phi) is 6.46. The second-order valence-corrected chi connectivity index (χ2v) is 7.10. The Morgan fingerprint density at radius 3 is 2.52 bits per heavy atom. The zero-order valence-electron chi connectivity index (χ0n) is 14.5. The highest BCUT2D eigenvalue weighted by Gasteiger charge is 2.28. The molecule has 0 aromatic heterocycles. The van der Waals surface area contributed by atoms with E-state index in [-0.39, 0.29) is 23.9 Å². The van der Waals surface area contributed by atoms with Gasteiger partial charge in [-0.25, -0.2) is 0 Å². The van der Waals surface area contributed by atoms with Gasteiger partial charge in [0.05, 0.1) is 12.6 Å². The molecule has 0 radical (unpaired) electrons. The molecule has 0 saturated heterocycles. The summed E-state index contributed by atoms with van der Waals surface area (Å²) in [7, 11) is 0. The van der Waals surface area contributed by atoms with Crippen molar-refractivity contribution in [2.24, 2.45) is 17.6 Å². The first-order valence-electron chi connectivity index (χ1n) is 8.74. The molecule has 1 aromatic rings. The molecule has 0 heterocycles. The van der Waals surface area contributed by atoms with Crippen molar-refractivity contribution in [1.82, 2.24) is 5.32 Å². The summed E-state index contributed by atoms with van der Waals surface area (Å²) in [6.07, 6.45) is 3.72. The molecular weight excluding hydrogens is 288 g/mol. The maximum absolute atomic E-state index is 12.3. The largest absolute Gasteiger partial charge is 0.494 e. The molecule has 3 atom stereocenters. The fraction of sp³-hybridized carbons (Fsp3) is 0.632. The Morgan fingerprint density at radius 1 is 1.26 bits per heavy atom. The van der Waals surface area contributed by atoms with Gasteiger partial charge in [0.1, 0.15) is 5.75 Å². The van der Waals surface area contributed by atoms with Crippen LogP contribution < -0.4 is 15.8 Å². The summed E-state index contributed by atoms with van der Waals surface area (Å²) in [5.41, 5.74) is 6.98. The highest BCUT2D eigenvalue weighted by molar-refractivity contribution is 5.79. The van der Waals surface area contributed by atoms with Gasteiger partial charge in [0, 0.05) is 12.0 Å². The number of benzene rings is 1. The number of amides is 1. The predicted molar refractivity (Wildman–Crippen MR) is 93.3 cm³/mol. The third kappa shape index (κ3) is 5.54. The van der Waals surface area contributed by atoms with Gasteiger partial charge in [-0.1, -0.05) is 26.0 Å². The lowest BCUT2D eigenvalue weighted by Gasteiger charge is -2.18. The number of hydrogen-bond acceptors (Lipinski definition) is 3. The minimum atomic E-state index is 0.00374. The van der Waals surface area contributed by atoms with Gasteiger partial charge >= 0.3 is 0 Å². The maximum atomic E-state index is 12.3. The molecule has 4 nitrogen and oxygen atoms in total. The number of carbonyl (C=O) groups excluding carboxylic acids is 1. The first kappa shape index (κ1) is 17.8. The molecule has 2 rings (SSSR count). The molecule has 1 fully saturated rings. The third-order valence-corrected chi connectivity index (χ3v) is 4.55. The molecule has 1 aromatic carbocycles. The number of rotatable bonds is 7. The van der Waals surface area contributed by atoms with Crippen LogP contribution in [0.15, 0.2) is 24.3 Å². The lowest BCUT2D eigenvalue weighted by Crippen LogP contribution is -2.32. The van der Waals surface area contributed by atoms with E-state index in [2.05, 4.69) is 19.2 Å². The summed E-state index contributed by atoms with van der Waals surface area (Å²) in [4.78, 5) is 12.3. The molecule has 1 aliphatic carbocycles. The molecule has 3 N–H and O–H groups in total. The van der Waals surface area contributed by atoms with Crippen molar-refractivity contribution in [3.05, 3.63) is 29.8 Å². The third-order valence-electron chi connectivity index (χ3n) is 4.55. The number of ether oxygens (including phenoxy) is 1. The van der Waals surface area contributed by atoms with E-state index in [9.17, 15) is 4.79 Å². The van der Waals surface area contributed by atoms with Crippen LogP contribution in [-0.4, -0.2) is 18.6 Å². The van der Waals surface area contributed by atoms with Crippen molar-refractivity contribution in [1.29, 1.82) is 0 Å². The van der Waals surface area contributed by atoms with E-state index in [1.807, 2.05) is 31.2 Å². The average molecular weight is 318 g/mol. The summed E-state index contributed by atoms with van der Waals surface area (Å²) in [5.74, 6) is 1.73. The summed E-state index contributed by atoms with van der Waals surface area (Å²) in [5, 5.41) is 3.10. The van der Waals surface area contributed by atoms with E-state index in [0.29, 0.717) is 5.92 Å². The molecule has 0 bridgehead atoms. The number of nitrogens with one attached hydrogen (secondary N) is 1. The standard InChI is InChI=1S/C19H30N2O2/c1-13(2)10-11-23-18-8-5-15(6-9-18)14(3)21-19(22)16-4-7-17(20)12-16/h5-6,8-9,13-14,16-17H,4,7,10-12,20H2,1-3H3,(H,21,22). The molecule has 1 saturated carbocycles. The van der Waals surface area contributed by atoms with E-state index in [4.69, 9.17) is 10.5 Å². The van der Waals surface area contributed by atoms with Gasteiger partial charge in [-0.15, -0.1) is 0 Å². The normalized spacial score (nSPS) is 22.1. The Labute approximate surface area is 139 Å². The minimum absolute atomic E-state index is 0.00374. The van der Waals surface area contributed by atoms with Gasteiger partial charge in [0.25, 0.3) is 0 Å².